The fraction of sp³-hybridized carbons (Fsp3) is 1.00. The van der Waals surface area contributed by atoms with Crippen molar-refractivity contribution in [2.75, 3.05) is 0 Å². The average Bonchev–Trinajstić information content (AvgIpc) is 2.14. The molecule has 1 saturated heterocycles. The van der Waals surface area contributed by atoms with Crippen molar-refractivity contribution in [3.63, 3.8) is 0 Å². The van der Waals surface area contributed by atoms with E-state index < -0.39 is 0 Å². The highest BCUT2D eigenvalue weighted by Gasteiger charge is 2.18. The lowest BCUT2D eigenvalue weighted by Crippen LogP contribution is -2.00. The van der Waals surface area contributed by atoms with Gasteiger partial charge in [-0.25, -0.2) is 0 Å². The summed E-state index contributed by atoms with van der Waals surface area (Å²) >= 11 is -0.0602. The van der Waals surface area contributed by atoms with Crippen molar-refractivity contribution < 1.29 is 0 Å². The van der Waals surface area contributed by atoms with E-state index >= 15 is 0 Å². The van der Waals surface area contributed by atoms with Crippen LogP contribution < -0.4 is 0 Å². The van der Waals surface area contributed by atoms with Crippen LogP contribution in [0.15, 0.2) is 0 Å². The molecule has 1 rings (SSSR count). The van der Waals surface area contributed by atoms with Crippen molar-refractivity contribution in [1.82, 2.24) is 0 Å². The first kappa shape index (κ1) is 5.67. The van der Waals surface area contributed by atoms with E-state index in [-0.39, 0.29) is 14.1 Å². The van der Waals surface area contributed by atoms with Crippen molar-refractivity contribution in [3.8, 4) is 0 Å². The normalized spacial score (nSPS) is 21.0. The first-order chi connectivity index (χ1) is 3.43. The van der Waals surface area contributed by atoms with Crippen LogP contribution in [-0.2, 0) is 0 Å². The molecule has 0 spiro atoms. The molecule has 0 unspecified atom stereocenters. The minimum atomic E-state index is -0.0602. The molecule has 1 fully saturated rings. The maximum atomic E-state index is 2.36. The molecule has 1 aliphatic heterocycles. The summed E-state index contributed by atoms with van der Waals surface area (Å²) in [4.78, 5) is 0. The van der Waals surface area contributed by atoms with Gasteiger partial charge in [-0.05, 0) is 0 Å². The van der Waals surface area contributed by atoms with Gasteiger partial charge >= 0.3 is 0 Å². The highest BCUT2D eigenvalue weighted by molar-refractivity contribution is 6.59. The van der Waals surface area contributed by atoms with Crippen LogP contribution in [0.1, 0.15) is 19.8 Å². The Labute approximate surface area is 50.3 Å². The van der Waals surface area contributed by atoms with Crippen LogP contribution in [0.2, 0.25) is 15.8 Å². The molecular formula is C6H13Al. The van der Waals surface area contributed by atoms with E-state index in [1.54, 1.807) is 28.7 Å². The molecular weight excluding hydrogens is 99.0 g/mol. The predicted molar refractivity (Wildman–Crippen MR) is 35.1 cm³/mol. The van der Waals surface area contributed by atoms with Crippen molar-refractivity contribution in [3.05, 3.63) is 0 Å². The van der Waals surface area contributed by atoms with Gasteiger partial charge in [-0.1, -0.05) is 35.6 Å². The second kappa shape index (κ2) is 2.75. The summed E-state index contributed by atoms with van der Waals surface area (Å²) in [5.74, 6) is 0. The van der Waals surface area contributed by atoms with E-state index in [1.807, 2.05) is 0 Å². The lowest BCUT2D eigenvalue weighted by Gasteiger charge is -1.90. The van der Waals surface area contributed by atoms with Gasteiger partial charge in [-0.2, -0.15) is 0 Å². The van der Waals surface area contributed by atoms with Crippen molar-refractivity contribution in [2.45, 2.75) is 35.6 Å². The molecule has 0 atom stereocenters. The van der Waals surface area contributed by atoms with Gasteiger partial charge in [0.1, 0.15) is 0 Å². The largest absolute Gasteiger partial charge is 0.261 e. The van der Waals surface area contributed by atoms with E-state index in [2.05, 4.69) is 6.92 Å². The van der Waals surface area contributed by atoms with Gasteiger partial charge in [0, 0.05) is 0 Å². The highest BCUT2D eigenvalue weighted by atomic mass is 27.2. The van der Waals surface area contributed by atoms with Gasteiger partial charge in [0.2, 0.25) is 0 Å². The van der Waals surface area contributed by atoms with Gasteiger partial charge in [0.05, 0.1) is 0 Å². The summed E-state index contributed by atoms with van der Waals surface area (Å²) in [5, 5.41) is 4.85. The third-order valence-corrected chi connectivity index (χ3v) is 5.66. The molecule has 1 aliphatic rings. The molecule has 0 amide bonds. The van der Waals surface area contributed by atoms with Crippen molar-refractivity contribution in [1.29, 1.82) is 0 Å². The molecule has 0 saturated carbocycles. The maximum absolute atomic E-state index is 2.36. The van der Waals surface area contributed by atoms with Crippen molar-refractivity contribution in [2.24, 2.45) is 0 Å². The van der Waals surface area contributed by atoms with Gasteiger partial charge in [-0.3, -0.25) is 0 Å². The molecule has 0 N–H and O–H groups in total. The number of rotatable bonds is 1. The van der Waals surface area contributed by atoms with E-state index in [0.29, 0.717) is 0 Å². The number of hydrogen-bond acceptors (Lipinski definition) is 0. The fourth-order valence-electron chi connectivity index (χ4n) is 1.42. The summed E-state index contributed by atoms with van der Waals surface area (Å²) in [6, 6.07) is 0. The third-order valence-electron chi connectivity index (χ3n) is 2.05. The lowest BCUT2D eigenvalue weighted by atomic mass is 10.4. The molecule has 0 aromatic heterocycles. The molecule has 0 aliphatic carbocycles. The molecule has 0 radical (unpaired) electrons. The molecule has 0 aromatic carbocycles. The molecule has 0 bridgehead atoms. The zero-order valence-electron chi connectivity index (χ0n) is 5.11. The summed E-state index contributed by atoms with van der Waals surface area (Å²) < 4.78 is 0. The average molecular weight is 112 g/mol. The minimum absolute atomic E-state index is 0.0602. The Bertz CT molecular complexity index is 46.1. The molecule has 1 heteroatoms. The second-order valence-corrected chi connectivity index (χ2v) is 6.26. The Hall–Kier alpha value is 0.532. The van der Waals surface area contributed by atoms with E-state index in [9.17, 15) is 0 Å². The number of hydrogen-bond donors (Lipinski definition) is 0. The maximum Gasteiger partial charge on any atom is 0.261 e. The first-order valence-electron chi connectivity index (χ1n) is 3.43. The minimum Gasteiger partial charge on any atom is -0.0967 e. The van der Waals surface area contributed by atoms with Gasteiger partial charge in [-0.15, -0.1) is 0 Å². The van der Waals surface area contributed by atoms with Crippen LogP contribution in [0.4, 0.5) is 0 Å². The van der Waals surface area contributed by atoms with Crippen LogP contribution in [0.25, 0.3) is 0 Å². The van der Waals surface area contributed by atoms with Crippen LogP contribution >= 0.6 is 0 Å². The van der Waals surface area contributed by atoms with Gasteiger partial charge in [0.15, 0.2) is 0 Å². The van der Waals surface area contributed by atoms with Crippen LogP contribution in [0.3, 0.4) is 0 Å². The van der Waals surface area contributed by atoms with E-state index in [4.69, 9.17) is 0 Å². The Kier molecular flexibility index (Phi) is 2.22. The molecule has 0 nitrogen and oxygen atoms in total. The zero-order chi connectivity index (χ0) is 5.11. The lowest BCUT2D eigenvalue weighted by molar-refractivity contribution is 0.935. The quantitative estimate of drug-likeness (QED) is 0.456. The third kappa shape index (κ3) is 1.48. The van der Waals surface area contributed by atoms with Gasteiger partial charge in [0.25, 0.3) is 14.1 Å². The SMILES string of the molecule is C[CH2][Al]1[CH2]CC[CH2]1. The standard InChI is InChI=1S/C4H8.C2H5.Al/c1-3-4-2;1-2;/h1-4H2;1H2,2H3;. The Morgan fingerprint density at radius 1 is 1.29 bits per heavy atom. The Balaban J connectivity index is 2.14. The Morgan fingerprint density at radius 3 is 2.14 bits per heavy atom. The zero-order valence-corrected chi connectivity index (χ0v) is 6.27. The second-order valence-electron chi connectivity index (χ2n) is 2.56. The monoisotopic (exact) mass is 112 g/mol. The smallest absolute Gasteiger partial charge is 0.0967 e. The van der Waals surface area contributed by atoms with Gasteiger partial charge < -0.3 is 0 Å². The van der Waals surface area contributed by atoms with E-state index in [0.717, 1.165) is 0 Å². The summed E-state index contributed by atoms with van der Waals surface area (Å²) in [5.41, 5.74) is 0. The fourth-order valence-corrected chi connectivity index (χ4v) is 4.26. The van der Waals surface area contributed by atoms with E-state index in [1.165, 1.54) is 0 Å². The summed E-state index contributed by atoms with van der Waals surface area (Å²) in [6.07, 6.45) is 3.12. The van der Waals surface area contributed by atoms with Crippen LogP contribution in [0.5, 0.6) is 0 Å². The highest BCUT2D eigenvalue weighted by Crippen LogP contribution is 2.21. The summed E-state index contributed by atoms with van der Waals surface area (Å²) in [7, 11) is 0. The van der Waals surface area contributed by atoms with Crippen molar-refractivity contribution >= 4 is 14.1 Å². The summed E-state index contributed by atoms with van der Waals surface area (Å²) in [6.45, 7) is 2.36. The van der Waals surface area contributed by atoms with Crippen LogP contribution in [0, 0.1) is 0 Å². The molecule has 0 aromatic rings. The molecule has 1 heterocycles. The Morgan fingerprint density at radius 2 is 1.86 bits per heavy atom. The van der Waals surface area contributed by atoms with Crippen LogP contribution in [-0.4, -0.2) is 14.1 Å². The molecule has 40 valence electrons. The first-order valence-corrected chi connectivity index (χ1v) is 5.88. The molecule has 7 heavy (non-hydrogen) atoms. The predicted octanol–water partition coefficient (Wildman–Crippen LogP) is 2.29. The topological polar surface area (TPSA) is 0 Å².